The average molecular weight is 300 g/mol. The average Bonchev–Trinajstić information content (AvgIpc) is 2.95. The van der Waals surface area contributed by atoms with Crippen molar-refractivity contribution in [1.82, 2.24) is 20.4 Å². The van der Waals surface area contributed by atoms with Gasteiger partial charge in [0.2, 0.25) is 0 Å². The summed E-state index contributed by atoms with van der Waals surface area (Å²) in [6.45, 7) is 11.4. The van der Waals surface area contributed by atoms with E-state index in [-0.39, 0.29) is 5.54 Å². The van der Waals surface area contributed by atoms with Crippen LogP contribution in [0.1, 0.15) is 44.9 Å². The molecule has 22 heavy (non-hydrogen) atoms. The SMILES string of the molecule is CCn1cc(CNCC(C)(C)N[C@@H](C)c2ccccc2)cn1. The maximum absolute atomic E-state index is 4.30. The minimum atomic E-state index is 0.0238. The van der Waals surface area contributed by atoms with Crippen LogP contribution >= 0.6 is 0 Å². The van der Waals surface area contributed by atoms with Crippen LogP contribution in [0.3, 0.4) is 0 Å². The van der Waals surface area contributed by atoms with Crippen molar-refractivity contribution < 1.29 is 0 Å². The Balaban J connectivity index is 1.80. The lowest BCUT2D eigenvalue weighted by molar-refractivity contribution is 0.330. The first-order valence-corrected chi connectivity index (χ1v) is 8.05. The molecule has 0 aliphatic rings. The van der Waals surface area contributed by atoms with Crippen molar-refractivity contribution in [3.8, 4) is 0 Å². The monoisotopic (exact) mass is 300 g/mol. The van der Waals surface area contributed by atoms with E-state index in [0.29, 0.717) is 6.04 Å². The van der Waals surface area contributed by atoms with Gasteiger partial charge in [0.1, 0.15) is 0 Å². The number of benzene rings is 1. The largest absolute Gasteiger partial charge is 0.311 e. The molecule has 2 N–H and O–H groups in total. The highest BCUT2D eigenvalue weighted by Crippen LogP contribution is 2.15. The summed E-state index contributed by atoms with van der Waals surface area (Å²) in [4.78, 5) is 0. The predicted octanol–water partition coefficient (Wildman–Crippen LogP) is 3.12. The molecule has 0 bridgehead atoms. The Bertz CT molecular complexity index is 559. The molecular formula is C18H28N4. The van der Waals surface area contributed by atoms with Crippen molar-refractivity contribution in [1.29, 1.82) is 0 Å². The second-order valence-electron chi connectivity index (χ2n) is 6.47. The summed E-state index contributed by atoms with van der Waals surface area (Å²) in [5.74, 6) is 0. The fraction of sp³-hybridized carbons (Fsp3) is 0.500. The number of aromatic nitrogens is 2. The lowest BCUT2D eigenvalue weighted by Crippen LogP contribution is -2.48. The van der Waals surface area contributed by atoms with Gasteiger partial charge in [0.25, 0.3) is 0 Å². The van der Waals surface area contributed by atoms with Gasteiger partial charge in [-0.2, -0.15) is 5.10 Å². The first-order chi connectivity index (χ1) is 10.5. The van der Waals surface area contributed by atoms with Crippen molar-refractivity contribution in [2.75, 3.05) is 6.54 Å². The van der Waals surface area contributed by atoms with Crippen LogP contribution in [-0.2, 0) is 13.1 Å². The van der Waals surface area contributed by atoms with Gasteiger partial charge in [0.15, 0.2) is 0 Å². The zero-order valence-electron chi connectivity index (χ0n) is 14.1. The molecule has 0 radical (unpaired) electrons. The minimum Gasteiger partial charge on any atom is -0.311 e. The van der Waals surface area contributed by atoms with Gasteiger partial charge >= 0.3 is 0 Å². The van der Waals surface area contributed by atoms with Gasteiger partial charge in [-0.3, -0.25) is 4.68 Å². The Morgan fingerprint density at radius 2 is 1.95 bits per heavy atom. The highest BCUT2D eigenvalue weighted by atomic mass is 15.3. The number of aryl methyl sites for hydroxylation is 1. The molecule has 0 unspecified atom stereocenters. The maximum atomic E-state index is 4.30. The molecule has 1 aromatic carbocycles. The summed E-state index contributed by atoms with van der Waals surface area (Å²) in [5, 5.41) is 11.5. The third-order valence-corrected chi connectivity index (χ3v) is 3.81. The first-order valence-electron chi connectivity index (χ1n) is 8.05. The van der Waals surface area contributed by atoms with Crippen molar-refractivity contribution in [3.05, 3.63) is 53.9 Å². The van der Waals surface area contributed by atoms with E-state index in [9.17, 15) is 0 Å². The highest BCUT2D eigenvalue weighted by molar-refractivity contribution is 5.18. The second kappa shape index (κ2) is 7.56. The molecule has 0 amide bonds. The summed E-state index contributed by atoms with van der Waals surface area (Å²) in [5.41, 5.74) is 2.57. The number of nitrogens with zero attached hydrogens (tertiary/aromatic N) is 2. The smallest absolute Gasteiger partial charge is 0.0534 e. The summed E-state index contributed by atoms with van der Waals surface area (Å²) in [7, 11) is 0. The summed E-state index contributed by atoms with van der Waals surface area (Å²) < 4.78 is 1.96. The highest BCUT2D eigenvalue weighted by Gasteiger charge is 2.20. The molecule has 1 aromatic heterocycles. The molecule has 0 spiro atoms. The molecule has 4 heteroatoms. The molecule has 0 aliphatic carbocycles. The van der Waals surface area contributed by atoms with E-state index in [1.165, 1.54) is 11.1 Å². The Hall–Kier alpha value is -1.65. The topological polar surface area (TPSA) is 41.9 Å². The fourth-order valence-corrected chi connectivity index (χ4v) is 2.65. The lowest BCUT2D eigenvalue weighted by atomic mass is 10.0. The Labute approximate surface area is 133 Å². The molecule has 1 atom stereocenters. The molecule has 120 valence electrons. The van der Waals surface area contributed by atoms with E-state index >= 15 is 0 Å². The molecule has 1 heterocycles. The number of hydrogen-bond acceptors (Lipinski definition) is 3. The van der Waals surface area contributed by atoms with Crippen LogP contribution in [0.25, 0.3) is 0 Å². The van der Waals surface area contributed by atoms with Crippen molar-refractivity contribution in [2.24, 2.45) is 0 Å². The number of hydrogen-bond donors (Lipinski definition) is 2. The van der Waals surface area contributed by atoms with Gasteiger partial charge in [-0.05, 0) is 33.3 Å². The molecule has 0 aliphatic heterocycles. The quantitative estimate of drug-likeness (QED) is 0.787. The molecule has 4 nitrogen and oxygen atoms in total. The van der Waals surface area contributed by atoms with E-state index in [1.54, 1.807) is 0 Å². The zero-order chi connectivity index (χ0) is 16.0. The number of nitrogens with one attached hydrogen (secondary N) is 2. The van der Waals surface area contributed by atoms with E-state index in [1.807, 2.05) is 10.9 Å². The van der Waals surface area contributed by atoms with Crippen LogP contribution in [0.2, 0.25) is 0 Å². The van der Waals surface area contributed by atoms with Gasteiger partial charge in [-0.25, -0.2) is 0 Å². The molecular weight excluding hydrogens is 272 g/mol. The second-order valence-corrected chi connectivity index (χ2v) is 6.47. The molecule has 0 fully saturated rings. The van der Waals surface area contributed by atoms with Crippen LogP contribution in [0.15, 0.2) is 42.7 Å². The third kappa shape index (κ3) is 4.97. The summed E-state index contributed by atoms with van der Waals surface area (Å²) in [6, 6.07) is 10.9. The van der Waals surface area contributed by atoms with E-state index < -0.39 is 0 Å². The van der Waals surface area contributed by atoms with Gasteiger partial charge < -0.3 is 10.6 Å². The molecule has 2 rings (SSSR count). The van der Waals surface area contributed by atoms with Crippen LogP contribution in [0.5, 0.6) is 0 Å². The van der Waals surface area contributed by atoms with E-state index in [0.717, 1.165) is 19.6 Å². The first kappa shape index (κ1) is 16.7. The number of rotatable bonds is 8. The molecule has 2 aromatic rings. The minimum absolute atomic E-state index is 0.0238. The van der Waals surface area contributed by atoms with Crippen LogP contribution in [-0.4, -0.2) is 21.9 Å². The van der Waals surface area contributed by atoms with Crippen molar-refractivity contribution in [3.63, 3.8) is 0 Å². The van der Waals surface area contributed by atoms with Crippen LogP contribution in [0, 0.1) is 0 Å². The Morgan fingerprint density at radius 1 is 1.23 bits per heavy atom. The lowest BCUT2D eigenvalue weighted by Gasteiger charge is -2.31. The third-order valence-electron chi connectivity index (χ3n) is 3.81. The van der Waals surface area contributed by atoms with E-state index in [2.05, 4.69) is 80.0 Å². The zero-order valence-corrected chi connectivity index (χ0v) is 14.1. The van der Waals surface area contributed by atoms with Crippen LogP contribution in [0.4, 0.5) is 0 Å². The predicted molar refractivity (Wildman–Crippen MR) is 91.7 cm³/mol. The van der Waals surface area contributed by atoms with Crippen LogP contribution < -0.4 is 10.6 Å². The standard InChI is InChI=1S/C18H28N4/c1-5-22-13-16(12-20-22)11-19-14-18(3,4)21-15(2)17-9-7-6-8-10-17/h6-10,12-13,15,19,21H,5,11,14H2,1-4H3/t15-/m0/s1. The van der Waals surface area contributed by atoms with E-state index in [4.69, 9.17) is 0 Å². The molecule has 0 saturated carbocycles. The van der Waals surface area contributed by atoms with Gasteiger partial charge in [0, 0.05) is 43.0 Å². The Morgan fingerprint density at radius 3 is 2.59 bits per heavy atom. The normalized spacial score (nSPS) is 13.3. The summed E-state index contributed by atoms with van der Waals surface area (Å²) >= 11 is 0. The van der Waals surface area contributed by atoms with Crippen molar-refractivity contribution in [2.45, 2.75) is 52.4 Å². The van der Waals surface area contributed by atoms with Crippen molar-refractivity contribution >= 4 is 0 Å². The van der Waals surface area contributed by atoms with Gasteiger partial charge in [-0.1, -0.05) is 30.3 Å². The van der Waals surface area contributed by atoms with Gasteiger partial charge in [0.05, 0.1) is 6.20 Å². The summed E-state index contributed by atoms with van der Waals surface area (Å²) in [6.07, 6.45) is 4.03. The maximum Gasteiger partial charge on any atom is 0.0534 e. The Kier molecular flexibility index (Phi) is 5.75. The fourth-order valence-electron chi connectivity index (χ4n) is 2.65. The molecule has 0 saturated heterocycles. The van der Waals surface area contributed by atoms with Gasteiger partial charge in [-0.15, -0.1) is 0 Å².